The first-order chi connectivity index (χ1) is 10.4. The van der Waals surface area contributed by atoms with Crippen LogP contribution in [0.1, 0.15) is 49.5 Å². The lowest BCUT2D eigenvalue weighted by atomic mass is 10.1. The number of aliphatic hydroxyl groups is 1. The molecule has 2 rings (SSSR count). The Morgan fingerprint density at radius 3 is 2.32 bits per heavy atom. The second-order valence-corrected chi connectivity index (χ2v) is 6.81. The maximum atomic E-state index is 12.3. The Bertz CT molecular complexity index is 485. The van der Waals surface area contributed by atoms with Crippen LogP contribution in [0.25, 0.3) is 0 Å². The van der Waals surface area contributed by atoms with E-state index in [-0.39, 0.29) is 5.91 Å². The van der Waals surface area contributed by atoms with Gasteiger partial charge in [-0.15, -0.1) is 0 Å². The van der Waals surface area contributed by atoms with Crippen LogP contribution in [-0.2, 0) is 6.54 Å². The summed E-state index contributed by atoms with van der Waals surface area (Å²) in [5.74, 6) is 0.146. The largest absolute Gasteiger partial charge is 0.389 e. The molecule has 1 fully saturated rings. The number of amides is 1. The highest BCUT2D eigenvalue weighted by atomic mass is 16.3. The molecule has 0 atom stereocenters. The Hall–Kier alpha value is -1.39. The highest BCUT2D eigenvalue weighted by Crippen LogP contribution is 2.15. The fraction of sp³-hybridized carbons (Fsp3) is 0.611. The quantitative estimate of drug-likeness (QED) is 0.878. The van der Waals surface area contributed by atoms with E-state index in [1.165, 1.54) is 5.56 Å². The van der Waals surface area contributed by atoms with E-state index in [2.05, 4.69) is 11.8 Å². The van der Waals surface area contributed by atoms with Gasteiger partial charge in [-0.05, 0) is 50.9 Å². The first-order valence-electron chi connectivity index (χ1n) is 8.22. The number of benzene rings is 1. The third-order valence-electron chi connectivity index (χ3n) is 4.06. The zero-order valence-corrected chi connectivity index (χ0v) is 14.0. The van der Waals surface area contributed by atoms with Crippen LogP contribution in [0.4, 0.5) is 0 Å². The molecule has 1 aromatic carbocycles. The van der Waals surface area contributed by atoms with Crippen LogP contribution in [0.5, 0.6) is 0 Å². The molecule has 4 heteroatoms. The summed E-state index contributed by atoms with van der Waals surface area (Å²) in [5.41, 5.74) is 1.25. The number of carbonyl (C=O) groups excluding carboxylic acids is 1. The Balaban J connectivity index is 1.97. The highest BCUT2D eigenvalue weighted by molar-refractivity contribution is 5.94. The summed E-state index contributed by atoms with van der Waals surface area (Å²) in [5, 5.41) is 9.94. The van der Waals surface area contributed by atoms with Gasteiger partial charge in [-0.25, -0.2) is 0 Å². The summed E-state index contributed by atoms with van der Waals surface area (Å²) < 4.78 is 0. The van der Waals surface area contributed by atoms with Crippen molar-refractivity contribution in [2.75, 3.05) is 26.2 Å². The zero-order valence-electron chi connectivity index (χ0n) is 14.0. The molecule has 4 nitrogen and oxygen atoms in total. The maximum Gasteiger partial charge on any atom is 0.253 e. The fourth-order valence-electron chi connectivity index (χ4n) is 2.94. The predicted octanol–water partition coefficient (Wildman–Crippen LogP) is 2.52. The molecule has 22 heavy (non-hydrogen) atoms. The Morgan fingerprint density at radius 1 is 1.23 bits per heavy atom. The normalized spacial score (nSPS) is 15.6. The van der Waals surface area contributed by atoms with Crippen molar-refractivity contribution in [2.24, 2.45) is 0 Å². The second-order valence-electron chi connectivity index (χ2n) is 6.81. The third kappa shape index (κ3) is 4.82. The van der Waals surface area contributed by atoms with Gasteiger partial charge in [-0.3, -0.25) is 9.69 Å². The maximum absolute atomic E-state index is 12.3. The smallest absolute Gasteiger partial charge is 0.253 e. The number of rotatable bonds is 6. The van der Waals surface area contributed by atoms with Crippen molar-refractivity contribution in [1.29, 1.82) is 0 Å². The molecular formula is C18H28N2O2. The van der Waals surface area contributed by atoms with E-state index < -0.39 is 5.60 Å². The van der Waals surface area contributed by atoms with Crippen LogP contribution < -0.4 is 0 Å². The molecule has 1 aromatic rings. The van der Waals surface area contributed by atoms with Crippen LogP contribution in [0.2, 0.25) is 0 Å². The van der Waals surface area contributed by atoms with E-state index in [4.69, 9.17) is 0 Å². The number of hydrogen-bond donors (Lipinski definition) is 1. The van der Waals surface area contributed by atoms with Crippen molar-refractivity contribution in [3.8, 4) is 0 Å². The lowest BCUT2D eigenvalue weighted by molar-refractivity contribution is 0.0353. The number of likely N-dealkylation sites (N-methyl/N-ethyl adjacent to an activating group) is 1. The SMILES string of the molecule is CCN(Cc1ccc(C(=O)N2CCCC2)cc1)CC(C)(C)O. The summed E-state index contributed by atoms with van der Waals surface area (Å²) in [7, 11) is 0. The van der Waals surface area contributed by atoms with Crippen LogP contribution in [-0.4, -0.2) is 52.6 Å². The number of hydrogen-bond acceptors (Lipinski definition) is 3. The molecular weight excluding hydrogens is 276 g/mol. The first-order valence-corrected chi connectivity index (χ1v) is 8.22. The van der Waals surface area contributed by atoms with Crippen LogP contribution in [0, 0.1) is 0 Å². The van der Waals surface area contributed by atoms with Gasteiger partial charge in [-0.1, -0.05) is 19.1 Å². The van der Waals surface area contributed by atoms with Crippen molar-refractivity contribution in [2.45, 2.75) is 45.8 Å². The fourth-order valence-corrected chi connectivity index (χ4v) is 2.94. The van der Waals surface area contributed by atoms with Gasteiger partial charge >= 0.3 is 0 Å². The average molecular weight is 304 g/mol. The number of nitrogens with zero attached hydrogens (tertiary/aromatic N) is 2. The molecule has 0 radical (unpaired) electrons. The van der Waals surface area contributed by atoms with E-state index in [0.717, 1.165) is 44.6 Å². The second kappa shape index (κ2) is 7.25. The summed E-state index contributed by atoms with van der Waals surface area (Å²) in [6, 6.07) is 7.90. The molecule has 0 aliphatic carbocycles. The van der Waals surface area contributed by atoms with Gasteiger partial charge in [0.1, 0.15) is 0 Å². The molecule has 0 aromatic heterocycles. The Morgan fingerprint density at radius 2 is 1.82 bits per heavy atom. The van der Waals surface area contributed by atoms with Crippen LogP contribution in [0.3, 0.4) is 0 Å². The third-order valence-corrected chi connectivity index (χ3v) is 4.06. The van der Waals surface area contributed by atoms with Crippen molar-refractivity contribution >= 4 is 5.91 Å². The van der Waals surface area contributed by atoms with Gasteiger partial charge in [0, 0.05) is 31.7 Å². The van der Waals surface area contributed by atoms with E-state index in [0.29, 0.717) is 6.54 Å². The van der Waals surface area contributed by atoms with Crippen molar-refractivity contribution < 1.29 is 9.90 Å². The van der Waals surface area contributed by atoms with E-state index in [1.54, 1.807) is 0 Å². The van der Waals surface area contributed by atoms with Crippen molar-refractivity contribution in [3.05, 3.63) is 35.4 Å². The molecule has 0 unspecified atom stereocenters. The standard InChI is InChI=1S/C18H28N2O2/c1-4-19(14-18(2,3)22)13-15-7-9-16(10-8-15)17(21)20-11-5-6-12-20/h7-10,22H,4-6,11-14H2,1-3H3. The molecule has 1 N–H and O–H groups in total. The lowest BCUT2D eigenvalue weighted by Crippen LogP contribution is -2.38. The zero-order chi connectivity index (χ0) is 16.2. The molecule has 1 aliphatic heterocycles. The van der Waals surface area contributed by atoms with Gasteiger partial charge in [0.05, 0.1) is 5.60 Å². The Kier molecular flexibility index (Phi) is 5.59. The van der Waals surface area contributed by atoms with Gasteiger partial charge in [0.2, 0.25) is 0 Å². The number of carbonyl (C=O) groups is 1. The lowest BCUT2D eigenvalue weighted by Gasteiger charge is -2.28. The summed E-state index contributed by atoms with van der Waals surface area (Å²) >= 11 is 0. The minimum Gasteiger partial charge on any atom is -0.389 e. The molecule has 1 aliphatic rings. The molecule has 0 spiro atoms. The molecule has 122 valence electrons. The predicted molar refractivity (Wildman–Crippen MR) is 88.8 cm³/mol. The minimum atomic E-state index is -0.693. The van der Waals surface area contributed by atoms with E-state index in [1.807, 2.05) is 43.0 Å². The van der Waals surface area contributed by atoms with Gasteiger partial charge in [0.25, 0.3) is 5.91 Å². The van der Waals surface area contributed by atoms with Gasteiger partial charge in [0.15, 0.2) is 0 Å². The van der Waals surface area contributed by atoms with Gasteiger partial charge in [-0.2, -0.15) is 0 Å². The summed E-state index contributed by atoms with van der Waals surface area (Å²) in [6.07, 6.45) is 2.23. The summed E-state index contributed by atoms with van der Waals surface area (Å²) in [4.78, 5) is 16.4. The molecule has 0 bridgehead atoms. The molecule has 1 heterocycles. The topological polar surface area (TPSA) is 43.8 Å². The van der Waals surface area contributed by atoms with Gasteiger partial charge < -0.3 is 10.0 Å². The van der Waals surface area contributed by atoms with Crippen LogP contribution in [0.15, 0.2) is 24.3 Å². The Labute approximate surface area is 133 Å². The molecule has 1 saturated heterocycles. The van der Waals surface area contributed by atoms with Crippen molar-refractivity contribution in [3.63, 3.8) is 0 Å². The number of likely N-dealkylation sites (tertiary alicyclic amines) is 1. The highest BCUT2D eigenvalue weighted by Gasteiger charge is 2.20. The van der Waals surface area contributed by atoms with E-state index in [9.17, 15) is 9.90 Å². The minimum absolute atomic E-state index is 0.146. The first kappa shape index (κ1) is 17.0. The van der Waals surface area contributed by atoms with Crippen LogP contribution >= 0.6 is 0 Å². The monoisotopic (exact) mass is 304 g/mol. The average Bonchev–Trinajstić information content (AvgIpc) is 2.99. The van der Waals surface area contributed by atoms with E-state index >= 15 is 0 Å². The molecule has 0 saturated carbocycles. The molecule has 1 amide bonds. The summed E-state index contributed by atoms with van der Waals surface area (Å²) in [6.45, 7) is 9.83. The van der Waals surface area contributed by atoms with Crippen molar-refractivity contribution in [1.82, 2.24) is 9.80 Å².